The number of hydrogen-bond acceptors (Lipinski definition) is 5. The lowest BCUT2D eigenvalue weighted by Gasteiger charge is -2.33. The van der Waals surface area contributed by atoms with Gasteiger partial charge in [-0.3, -0.25) is 9.80 Å². The van der Waals surface area contributed by atoms with Gasteiger partial charge in [-0.2, -0.15) is 4.68 Å². The van der Waals surface area contributed by atoms with Gasteiger partial charge in [-0.1, -0.05) is 42.5 Å². The third kappa shape index (κ3) is 5.07. The predicted molar refractivity (Wildman–Crippen MR) is 110 cm³/mol. The Morgan fingerprint density at radius 1 is 0.966 bits per heavy atom. The summed E-state index contributed by atoms with van der Waals surface area (Å²) in [5.41, 5.74) is 1.78. The van der Waals surface area contributed by atoms with Gasteiger partial charge in [0.25, 0.3) is 0 Å². The molecule has 0 atom stereocenters. The molecule has 0 spiro atoms. The van der Waals surface area contributed by atoms with Gasteiger partial charge in [-0.05, 0) is 29.8 Å². The fourth-order valence-corrected chi connectivity index (χ4v) is 3.31. The van der Waals surface area contributed by atoms with Crippen LogP contribution in [0.1, 0.15) is 5.56 Å². The highest BCUT2D eigenvalue weighted by molar-refractivity contribution is 5.51. The molecule has 0 N–H and O–H groups in total. The van der Waals surface area contributed by atoms with E-state index in [1.807, 2.05) is 18.2 Å². The smallest absolute Gasteiger partial charge is 0.388 e. The highest BCUT2D eigenvalue weighted by Gasteiger charge is 2.18. The van der Waals surface area contributed by atoms with Crippen LogP contribution < -0.4 is 5.76 Å². The van der Waals surface area contributed by atoms with E-state index < -0.39 is 5.76 Å². The average Bonchev–Trinajstić information content (AvgIpc) is 3.11. The molecule has 2 aromatic carbocycles. The number of piperazine rings is 1. The van der Waals surface area contributed by atoms with Gasteiger partial charge in [-0.25, -0.2) is 9.18 Å². The number of hydrogen-bond donors (Lipinski definition) is 0. The molecule has 6 nitrogen and oxygen atoms in total. The summed E-state index contributed by atoms with van der Waals surface area (Å²) in [6.45, 7) is 4.85. The van der Waals surface area contributed by atoms with Crippen LogP contribution in [0.15, 0.2) is 69.9 Å². The third-order valence-corrected chi connectivity index (χ3v) is 4.97. The number of rotatable bonds is 6. The van der Waals surface area contributed by atoms with Crippen LogP contribution in [0.2, 0.25) is 0 Å². The Labute approximate surface area is 168 Å². The molecule has 1 aliphatic heterocycles. The van der Waals surface area contributed by atoms with Crippen molar-refractivity contribution in [3.8, 4) is 11.5 Å². The van der Waals surface area contributed by atoms with Gasteiger partial charge in [0.2, 0.25) is 5.89 Å². The second-order valence-electron chi connectivity index (χ2n) is 7.05. The minimum Gasteiger partial charge on any atom is -0.388 e. The van der Waals surface area contributed by atoms with E-state index in [1.54, 1.807) is 12.1 Å². The topological polar surface area (TPSA) is 54.5 Å². The molecule has 1 saturated heterocycles. The van der Waals surface area contributed by atoms with Crippen molar-refractivity contribution in [2.45, 2.75) is 6.67 Å². The molecule has 3 aromatic rings. The molecule has 0 unspecified atom stereocenters. The van der Waals surface area contributed by atoms with Crippen molar-refractivity contribution in [2.24, 2.45) is 0 Å². The fraction of sp³-hybridized carbons (Fsp3) is 0.273. The molecule has 0 bridgehead atoms. The van der Waals surface area contributed by atoms with Crippen molar-refractivity contribution < 1.29 is 8.81 Å². The highest BCUT2D eigenvalue weighted by Crippen LogP contribution is 2.15. The fourth-order valence-electron chi connectivity index (χ4n) is 3.31. The molecular weight excluding hydrogens is 371 g/mol. The van der Waals surface area contributed by atoms with Gasteiger partial charge in [-0.15, -0.1) is 5.10 Å². The lowest BCUT2D eigenvalue weighted by atomic mass is 10.2. The number of aromatic nitrogens is 2. The van der Waals surface area contributed by atoms with Crippen LogP contribution in [-0.2, 0) is 6.67 Å². The van der Waals surface area contributed by atoms with E-state index in [1.165, 1.54) is 22.4 Å². The first-order valence-corrected chi connectivity index (χ1v) is 9.67. The zero-order valence-corrected chi connectivity index (χ0v) is 16.1. The molecule has 1 aromatic heterocycles. The molecule has 0 amide bonds. The summed E-state index contributed by atoms with van der Waals surface area (Å²) in [5.74, 6) is -0.635. The molecule has 29 heavy (non-hydrogen) atoms. The van der Waals surface area contributed by atoms with Crippen molar-refractivity contribution in [3.63, 3.8) is 0 Å². The van der Waals surface area contributed by atoms with Crippen molar-refractivity contribution in [1.29, 1.82) is 0 Å². The molecule has 7 heteroatoms. The standard InChI is InChI=1S/C22H23FN4O2/c23-20-10-8-19(9-11-20)21-24-27(22(28)29-21)17-26-15-13-25(14-16-26)12-4-7-18-5-2-1-3-6-18/h1-11H,12-17H2/b7-4+. The molecule has 4 rings (SSSR count). The van der Waals surface area contributed by atoms with Crippen LogP contribution in [0.4, 0.5) is 4.39 Å². The van der Waals surface area contributed by atoms with Crippen LogP contribution in [0.3, 0.4) is 0 Å². The number of benzene rings is 2. The van der Waals surface area contributed by atoms with E-state index >= 15 is 0 Å². The van der Waals surface area contributed by atoms with E-state index in [0.29, 0.717) is 12.2 Å². The van der Waals surface area contributed by atoms with Crippen LogP contribution in [-0.4, -0.2) is 52.3 Å². The van der Waals surface area contributed by atoms with Gasteiger partial charge >= 0.3 is 5.76 Å². The van der Waals surface area contributed by atoms with Gasteiger partial charge in [0.05, 0.1) is 0 Å². The second kappa shape index (κ2) is 8.98. The summed E-state index contributed by atoms with van der Waals surface area (Å²) >= 11 is 0. The highest BCUT2D eigenvalue weighted by atomic mass is 19.1. The number of nitrogens with zero attached hydrogens (tertiary/aromatic N) is 4. The Morgan fingerprint density at radius 3 is 2.38 bits per heavy atom. The first-order valence-electron chi connectivity index (χ1n) is 9.67. The predicted octanol–water partition coefficient (Wildman–Crippen LogP) is 2.93. The minimum atomic E-state index is -0.502. The SMILES string of the molecule is O=c1oc(-c2ccc(F)cc2)nn1CN1CCN(C/C=C/c2ccccc2)CC1. The third-order valence-electron chi connectivity index (χ3n) is 4.97. The van der Waals surface area contributed by atoms with Crippen LogP contribution in [0.25, 0.3) is 17.5 Å². The second-order valence-corrected chi connectivity index (χ2v) is 7.05. The Bertz CT molecular complexity index is 1000. The van der Waals surface area contributed by atoms with E-state index in [0.717, 1.165) is 32.7 Å². The van der Waals surface area contributed by atoms with Crippen molar-refractivity contribution in [1.82, 2.24) is 19.6 Å². The average molecular weight is 394 g/mol. The summed E-state index contributed by atoms with van der Waals surface area (Å²) in [5, 5.41) is 4.25. The van der Waals surface area contributed by atoms with Crippen LogP contribution in [0.5, 0.6) is 0 Å². The van der Waals surface area contributed by atoms with E-state index in [9.17, 15) is 9.18 Å². The molecule has 0 aliphatic carbocycles. The maximum Gasteiger partial charge on any atom is 0.438 e. The zero-order chi connectivity index (χ0) is 20.1. The first-order chi connectivity index (χ1) is 14.2. The lowest BCUT2D eigenvalue weighted by molar-refractivity contribution is 0.108. The number of halogens is 1. The maximum atomic E-state index is 13.1. The summed E-state index contributed by atoms with van der Waals surface area (Å²) in [4.78, 5) is 16.7. The Morgan fingerprint density at radius 2 is 1.66 bits per heavy atom. The zero-order valence-electron chi connectivity index (χ0n) is 16.1. The Hall–Kier alpha value is -3.03. The summed E-state index contributed by atoms with van der Waals surface area (Å²) in [7, 11) is 0. The van der Waals surface area contributed by atoms with Gasteiger partial charge in [0.1, 0.15) is 12.5 Å². The molecular formula is C22H23FN4O2. The monoisotopic (exact) mass is 394 g/mol. The van der Waals surface area contributed by atoms with E-state index in [4.69, 9.17) is 4.42 Å². The molecule has 1 aliphatic rings. The summed E-state index contributed by atoms with van der Waals surface area (Å²) < 4.78 is 19.6. The van der Waals surface area contributed by atoms with Crippen molar-refractivity contribution in [3.05, 3.63) is 82.6 Å². The minimum absolute atomic E-state index is 0.208. The Balaban J connectivity index is 1.29. The van der Waals surface area contributed by atoms with Crippen molar-refractivity contribution in [2.75, 3.05) is 32.7 Å². The summed E-state index contributed by atoms with van der Waals surface area (Å²) in [6, 6.07) is 16.0. The largest absolute Gasteiger partial charge is 0.438 e. The summed E-state index contributed by atoms with van der Waals surface area (Å²) in [6.07, 6.45) is 4.32. The van der Waals surface area contributed by atoms with Gasteiger partial charge in [0, 0.05) is 38.3 Å². The van der Waals surface area contributed by atoms with E-state index in [2.05, 4.69) is 39.2 Å². The van der Waals surface area contributed by atoms with Gasteiger partial charge in [0.15, 0.2) is 0 Å². The molecule has 150 valence electrons. The molecule has 1 fully saturated rings. The normalized spacial score (nSPS) is 15.9. The molecule has 0 saturated carbocycles. The molecule has 2 heterocycles. The quantitative estimate of drug-likeness (QED) is 0.644. The van der Waals surface area contributed by atoms with E-state index in [-0.39, 0.29) is 11.7 Å². The first kappa shape index (κ1) is 19.3. The van der Waals surface area contributed by atoms with Crippen LogP contribution in [0, 0.1) is 5.82 Å². The maximum absolute atomic E-state index is 13.1. The van der Waals surface area contributed by atoms with Crippen LogP contribution >= 0.6 is 0 Å². The lowest BCUT2D eigenvalue weighted by Crippen LogP contribution is -2.47. The van der Waals surface area contributed by atoms with Gasteiger partial charge < -0.3 is 4.42 Å². The Kier molecular flexibility index (Phi) is 5.97. The van der Waals surface area contributed by atoms with Crippen molar-refractivity contribution >= 4 is 6.08 Å². The molecule has 0 radical (unpaired) electrons.